The molecule has 0 bridgehead atoms. The van der Waals surface area contributed by atoms with Crippen LogP contribution in [0.25, 0.3) is 0 Å². The molecule has 3 amide bonds. The number of aryl methyl sites for hydroxylation is 1. The highest BCUT2D eigenvalue weighted by molar-refractivity contribution is 7.99. The number of alkyl carbamates (subject to hydrolysis) is 1. The zero-order chi connectivity index (χ0) is 35.6. The fraction of sp³-hybridized carbons (Fsp3) is 0.455. The standard InChI is InChI=1S/C33H41ClN6O7S2/c1-20-29(48-25-13-9-12-23(26(25)34)37-30(42)39-49(44,45)22-10-7-6-8-11-22)36-24(18-41)28(35-20)40-16-14-33(15-17-40)19-46-21(2)27(33)38-31(43)47-32(3,4)5/h6-13,21,27,41H,14-19H2,1-5H3,(H,38,43)(H2,37,39,42)/t21-,27+/m0/s1. The van der Waals surface area contributed by atoms with Crippen molar-refractivity contribution in [3.8, 4) is 0 Å². The van der Waals surface area contributed by atoms with Crippen LogP contribution in [0.1, 0.15) is 51.9 Å². The Morgan fingerprint density at radius 2 is 1.82 bits per heavy atom. The van der Waals surface area contributed by atoms with Gasteiger partial charge >= 0.3 is 12.1 Å². The average Bonchev–Trinajstić information content (AvgIpc) is 3.33. The van der Waals surface area contributed by atoms with Gasteiger partial charge in [-0.2, -0.15) is 0 Å². The van der Waals surface area contributed by atoms with E-state index in [-0.39, 0.29) is 39.8 Å². The van der Waals surface area contributed by atoms with Gasteiger partial charge in [-0.05, 0) is 71.7 Å². The number of rotatable bonds is 8. The van der Waals surface area contributed by atoms with Crippen LogP contribution >= 0.6 is 23.4 Å². The summed E-state index contributed by atoms with van der Waals surface area (Å²) in [6, 6.07) is 11.3. The lowest BCUT2D eigenvalue weighted by molar-refractivity contribution is 0.0434. The number of benzene rings is 2. The van der Waals surface area contributed by atoms with E-state index in [9.17, 15) is 23.1 Å². The normalized spacial score (nSPS) is 19.0. The molecule has 0 radical (unpaired) electrons. The molecular weight excluding hydrogens is 692 g/mol. The summed E-state index contributed by atoms with van der Waals surface area (Å²) < 4.78 is 38.7. The van der Waals surface area contributed by atoms with Crippen molar-refractivity contribution < 1.29 is 32.6 Å². The predicted molar refractivity (Wildman–Crippen MR) is 187 cm³/mol. The summed E-state index contributed by atoms with van der Waals surface area (Å²) in [5, 5.41) is 16.6. The van der Waals surface area contributed by atoms with Crippen molar-refractivity contribution in [1.82, 2.24) is 20.0 Å². The summed E-state index contributed by atoms with van der Waals surface area (Å²) in [4.78, 5) is 37.4. The monoisotopic (exact) mass is 732 g/mol. The lowest BCUT2D eigenvalue weighted by Gasteiger charge is -2.43. The molecule has 0 aliphatic carbocycles. The highest BCUT2D eigenvalue weighted by Gasteiger charge is 2.50. The summed E-state index contributed by atoms with van der Waals surface area (Å²) >= 11 is 7.86. The third-order valence-electron chi connectivity index (χ3n) is 8.42. The number of aliphatic hydroxyl groups excluding tert-OH is 1. The van der Waals surface area contributed by atoms with Gasteiger partial charge in [-0.25, -0.2) is 32.7 Å². The Bertz CT molecular complexity index is 1800. The molecule has 2 atom stereocenters. The number of sulfonamides is 1. The molecule has 2 saturated heterocycles. The zero-order valence-electron chi connectivity index (χ0n) is 27.9. The van der Waals surface area contributed by atoms with Crippen molar-refractivity contribution in [2.24, 2.45) is 5.41 Å². The van der Waals surface area contributed by atoms with Crippen molar-refractivity contribution in [2.45, 2.75) is 86.6 Å². The molecule has 2 aliphatic rings. The molecule has 5 rings (SSSR count). The molecule has 13 nitrogen and oxygen atoms in total. The lowest BCUT2D eigenvalue weighted by atomic mass is 9.73. The maximum Gasteiger partial charge on any atom is 0.407 e. The number of aromatic nitrogens is 2. The molecule has 4 N–H and O–H groups in total. The number of piperidine rings is 1. The number of urea groups is 1. The molecule has 3 aromatic rings. The van der Waals surface area contributed by atoms with Gasteiger partial charge in [0.05, 0.1) is 46.7 Å². The first-order valence-electron chi connectivity index (χ1n) is 15.8. The van der Waals surface area contributed by atoms with Crippen LogP contribution in [0.5, 0.6) is 0 Å². The number of nitrogens with zero attached hydrogens (tertiary/aromatic N) is 3. The van der Waals surface area contributed by atoms with E-state index in [1.54, 1.807) is 36.4 Å². The minimum atomic E-state index is -4.09. The number of hydrogen-bond donors (Lipinski definition) is 4. The fourth-order valence-corrected chi connectivity index (χ4v) is 8.13. The number of hydrogen-bond acceptors (Lipinski definition) is 11. The number of ether oxygens (including phenoxy) is 2. The van der Waals surface area contributed by atoms with Crippen LogP contribution in [0.4, 0.5) is 21.1 Å². The quantitative estimate of drug-likeness (QED) is 0.231. The van der Waals surface area contributed by atoms with Crippen molar-refractivity contribution in [1.29, 1.82) is 0 Å². The molecule has 2 fully saturated rings. The summed E-state index contributed by atoms with van der Waals surface area (Å²) in [5.41, 5.74) is 0.341. The zero-order valence-corrected chi connectivity index (χ0v) is 30.3. The van der Waals surface area contributed by atoms with Gasteiger partial charge in [-0.1, -0.05) is 47.6 Å². The highest BCUT2D eigenvalue weighted by atomic mass is 35.5. The smallest absolute Gasteiger partial charge is 0.407 e. The van der Waals surface area contributed by atoms with Crippen LogP contribution in [-0.2, 0) is 26.1 Å². The van der Waals surface area contributed by atoms with Gasteiger partial charge in [-0.3, -0.25) is 0 Å². The molecule has 2 aliphatic heterocycles. The third kappa shape index (κ3) is 8.58. The first kappa shape index (κ1) is 36.6. The van der Waals surface area contributed by atoms with Gasteiger partial charge < -0.3 is 30.1 Å². The van der Waals surface area contributed by atoms with Crippen molar-refractivity contribution >= 4 is 57.0 Å². The minimum absolute atomic E-state index is 0.0525. The van der Waals surface area contributed by atoms with E-state index < -0.39 is 27.7 Å². The number of nitrogens with one attached hydrogen (secondary N) is 3. The molecule has 264 valence electrons. The van der Waals surface area contributed by atoms with Crippen LogP contribution in [-0.4, -0.2) is 73.1 Å². The molecular formula is C33H41ClN6O7S2. The van der Waals surface area contributed by atoms with E-state index in [2.05, 4.69) is 15.5 Å². The average molecular weight is 733 g/mol. The first-order valence-corrected chi connectivity index (χ1v) is 18.5. The Morgan fingerprint density at radius 3 is 2.47 bits per heavy atom. The van der Waals surface area contributed by atoms with Crippen LogP contribution in [0.2, 0.25) is 5.02 Å². The van der Waals surface area contributed by atoms with E-state index in [1.165, 1.54) is 23.9 Å². The molecule has 0 saturated carbocycles. The molecule has 0 unspecified atom stereocenters. The summed E-state index contributed by atoms with van der Waals surface area (Å²) in [7, 11) is -4.09. The molecule has 1 spiro atoms. The number of halogens is 1. The van der Waals surface area contributed by atoms with Crippen LogP contribution in [0.15, 0.2) is 63.3 Å². The van der Waals surface area contributed by atoms with Crippen molar-refractivity contribution in [3.63, 3.8) is 0 Å². The number of carbonyl (C=O) groups excluding carboxylic acids is 2. The Kier molecular flexibility index (Phi) is 11.0. The minimum Gasteiger partial charge on any atom is -0.444 e. The van der Waals surface area contributed by atoms with Gasteiger partial charge in [0.25, 0.3) is 10.0 Å². The third-order valence-corrected chi connectivity index (χ3v) is 11.4. The second kappa shape index (κ2) is 14.7. The number of carbonyl (C=O) groups is 2. The first-order chi connectivity index (χ1) is 23.1. The van der Waals surface area contributed by atoms with Crippen LogP contribution < -0.4 is 20.3 Å². The topological polar surface area (TPSA) is 172 Å². The maximum absolute atomic E-state index is 12.6. The van der Waals surface area contributed by atoms with E-state index in [1.807, 2.05) is 39.3 Å². The molecule has 49 heavy (non-hydrogen) atoms. The summed E-state index contributed by atoms with van der Waals surface area (Å²) in [6.07, 6.45) is 0.836. The predicted octanol–water partition coefficient (Wildman–Crippen LogP) is 5.49. The van der Waals surface area contributed by atoms with Gasteiger partial charge in [0.2, 0.25) is 0 Å². The molecule has 1 aromatic heterocycles. The van der Waals surface area contributed by atoms with Gasteiger partial charge in [0, 0.05) is 23.4 Å². The van der Waals surface area contributed by atoms with Gasteiger partial charge in [0.1, 0.15) is 16.3 Å². The highest BCUT2D eigenvalue weighted by Crippen LogP contribution is 2.44. The second-order valence-corrected chi connectivity index (χ2v) is 16.2. The van der Waals surface area contributed by atoms with E-state index in [0.29, 0.717) is 46.8 Å². The van der Waals surface area contributed by atoms with E-state index in [4.69, 9.17) is 31.0 Å². The molecule has 3 heterocycles. The number of amides is 3. The number of anilines is 2. The molecule has 2 aromatic carbocycles. The van der Waals surface area contributed by atoms with E-state index >= 15 is 0 Å². The Labute approximate surface area is 295 Å². The second-order valence-electron chi connectivity index (χ2n) is 13.1. The Hall–Kier alpha value is -3.63. The Morgan fingerprint density at radius 1 is 1.12 bits per heavy atom. The van der Waals surface area contributed by atoms with Crippen LogP contribution in [0.3, 0.4) is 0 Å². The molecule has 16 heteroatoms. The fourth-order valence-electron chi connectivity index (χ4n) is 6.00. The SMILES string of the molecule is Cc1nc(N2CCC3(CC2)CO[C@@H](C)[C@H]3NC(=O)OC(C)(C)C)c(CO)nc1Sc1cccc(NC(=O)NS(=O)(=O)c2ccccc2)c1Cl. The largest absolute Gasteiger partial charge is 0.444 e. The van der Waals surface area contributed by atoms with Crippen molar-refractivity contribution in [3.05, 3.63) is 64.9 Å². The van der Waals surface area contributed by atoms with E-state index in [0.717, 1.165) is 12.8 Å². The van der Waals surface area contributed by atoms with Gasteiger partial charge in [0.15, 0.2) is 5.82 Å². The lowest BCUT2D eigenvalue weighted by Crippen LogP contribution is -2.55. The summed E-state index contributed by atoms with van der Waals surface area (Å²) in [5.74, 6) is 0.584. The summed E-state index contributed by atoms with van der Waals surface area (Å²) in [6.45, 7) is 10.7. The Balaban J connectivity index is 1.27. The number of aliphatic hydroxyl groups is 1. The van der Waals surface area contributed by atoms with Gasteiger partial charge in [-0.15, -0.1) is 0 Å². The maximum atomic E-state index is 12.6. The van der Waals surface area contributed by atoms with Crippen molar-refractivity contribution in [2.75, 3.05) is 29.9 Å². The van der Waals surface area contributed by atoms with Crippen LogP contribution in [0, 0.1) is 12.3 Å².